The second-order valence-electron chi connectivity index (χ2n) is 7.47. The van der Waals surface area contributed by atoms with Crippen LogP contribution < -0.4 is 5.32 Å². The Balaban J connectivity index is 1.70. The first-order valence-corrected chi connectivity index (χ1v) is 9.45. The number of allylic oxidation sites excluding steroid dienone is 1. The van der Waals surface area contributed by atoms with Crippen molar-refractivity contribution >= 4 is 23.5 Å². The molecule has 0 atom stereocenters. The molecule has 28 heavy (non-hydrogen) atoms. The first kappa shape index (κ1) is 21.4. The average molecular weight is 384 g/mol. The van der Waals surface area contributed by atoms with E-state index in [9.17, 15) is 14.4 Å². The molecule has 0 saturated heterocycles. The molecule has 0 radical (unpaired) electrons. The monoisotopic (exact) mass is 384 g/mol. The van der Waals surface area contributed by atoms with Crippen LogP contribution in [0, 0.1) is 0 Å². The van der Waals surface area contributed by atoms with E-state index >= 15 is 0 Å². The van der Waals surface area contributed by atoms with Gasteiger partial charge in [0.1, 0.15) is 0 Å². The van der Waals surface area contributed by atoms with E-state index in [1.165, 1.54) is 17.1 Å². The number of carbonyl (C=O) groups excluding carboxylic acids is 3. The lowest BCUT2D eigenvalue weighted by Crippen LogP contribution is -2.41. The quantitative estimate of drug-likeness (QED) is 0.519. The molecule has 0 bridgehead atoms. The Kier molecular flexibility index (Phi) is 7.15. The molecule has 150 valence electrons. The van der Waals surface area contributed by atoms with Crippen LogP contribution in [0.4, 0.5) is 4.79 Å². The van der Waals surface area contributed by atoms with Crippen molar-refractivity contribution in [3.05, 3.63) is 54.1 Å². The number of hydrogen-bond donors (Lipinski definition) is 1. The van der Waals surface area contributed by atoms with E-state index in [-0.39, 0.29) is 18.4 Å². The van der Waals surface area contributed by atoms with Gasteiger partial charge in [0.2, 0.25) is 0 Å². The lowest BCUT2D eigenvalue weighted by atomic mass is 9.92. The van der Waals surface area contributed by atoms with Gasteiger partial charge in [0.25, 0.3) is 11.8 Å². The van der Waals surface area contributed by atoms with Crippen LogP contribution in [0.2, 0.25) is 0 Å². The minimum Gasteiger partial charge on any atom is -0.450 e. The van der Waals surface area contributed by atoms with Crippen LogP contribution in [-0.2, 0) is 19.9 Å². The van der Waals surface area contributed by atoms with Crippen LogP contribution in [0.5, 0.6) is 0 Å². The largest absolute Gasteiger partial charge is 0.450 e. The first-order chi connectivity index (χ1) is 13.2. The number of hydrogen-bond acceptors (Lipinski definition) is 4. The van der Waals surface area contributed by atoms with Crippen molar-refractivity contribution in [2.75, 3.05) is 13.2 Å². The molecule has 0 aromatic heterocycles. The van der Waals surface area contributed by atoms with Crippen molar-refractivity contribution in [2.45, 2.75) is 45.6 Å². The van der Waals surface area contributed by atoms with Crippen LogP contribution in [0.15, 0.2) is 43.0 Å². The van der Waals surface area contributed by atoms with Gasteiger partial charge in [-0.3, -0.25) is 14.5 Å². The molecule has 0 aliphatic carbocycles. The fourth-order valence-corrected chi connectivity index (χ4v) is 2.90. The molecule has 0 spiro atoms. The number of unbranched alkanes of at least 4 members (excludes halogenated alkanes) is 2. The van der Waals surface area contributed by atoms with E-state index in [4.69, 9.17) is 4.74 Å². The highest BCUT2D eigenvalue weighted by atomic mass is 16.5. The molecule has 3 amide bonds. The molecule has 1 N–H and O–H groups in total. The van der Waals surface area contributed by atoms with Gasteiger partial charge in [0, 0.05) is 18.7 Å². The fraction of sp³-hybridized carbons (Fsp3) is 0.409. The maximum Gasteiger partial charge on any atom is 0.407 e. The van der Waals surface area contributed by atoms with E-state index in [1.807, 2.05) is 45.0 Å². The normalized spacial score (nSPS) is 13.8. The topological polar surface area (TPSA) is 75.7 Å². The van der Waals surface area contributed by atoms with Crippen molar-refractivity contribution in [3.8, 4) is 0 Å². The fourth-order valence-electron chi connectivity index (χ4n) is 2.90. The van der Waals surface area contributed by atoms with Crippen molar-refractivity contribution in [1.29, 1.82) is 0 Å². The van der Waals surface area contributed by atoms with Gasteiger partial charge in [-0.05, 0) is 57.2 Å². The summed E-state index contributed by atoms with van der Waals surface area (Å²) in [5.41, 5.74) is 2.39. The number of alkyl carbamates (subject to hydrolysis) is 1. The highest BCUT2D eigenvalue weighted by Gasteiger charge is 2.24. The Bertz CT molecular complexity index is 777. The summed E-state index contributed by atoms with van der Waals surface area (Å²) in [5.74, 6) is -0.530. The summed E-state index contributed by atoms with van der Waals surface area (Å²) in [6, 6.07) is 7.90. The third-order valence-electron chi connectivity index (χ3n) is 4.65. The Hall–Kier alpha value is -2.89. The Morgan fingerprint density at radius 2 is 1.82 bits per heavy atom. The summed E-state index contributed by atoms with van der Waals surface area (Å²) in [6.45, 7) is 10.4. The van der Waals surface area contributed by atoms with Crippen LogP contribution >= 0.6 is 0 Å². The summed E-state index contributed by atoms with van der Waals surface area (Å²) in [5, 5.41) is 2.89. The van der Waals surface area contributed by atoms with Gasteiger partial charge in [-0.1, -0.05) is 30.4 Å². The highest BCUT2D eigenvalue weighted by molar-refractivity contribution is 6.12. The number of amides is 3. The lowest BCUT2D eigenvalue weighted by molar-refractivity contribution is -0.136. The first-order valence-electron chi connectivity index (χ1n) is 9.45. The van der Waals surface area contributed by atoms with Crippen LogP contribution in [-0.4, -0.2) is 36.0 Å². The molecule has 6 heteroatoms. The summed E-state index contributed by atoms with van der Waals surface area (Å²) in [4.78, 5) is 36.2. The molecule has 2 rings (SSSR count). The lowest BCUT2D eigenvalue weighted by Gasteiger charge is -2.27. The smallest absolute Gasteiger partial charge is 0.407 e. The van der Waals surface area contributed by atoms with Crippen LogP contribution in [0.1, 0.15) is 51.2 Å². The van der Waals surface area contributed by atoms with Gasteiger partial charge in [0.05, 0.1) is 12.1 Å². The average Bonchev–Trinajstić information content (AvgIpc) is 2.96. The molecule has 1 aliphatic rings. The molecular formula is C22H28N2O4. The van der Waals surface area contributed by atoms with Gasteiger partial charge in [-0.2, -0.15) is 0 Å². The SMILES string of the molecule is C=C(C)c1cccc(C(C)(C)NC(=O)OCCCCCN2C(=O)C=CC2=O)c1. The Labute approximate surface area is 166 Å². The molecule has 1 heterocycles. The number of rotatable bonds is 9. The molecule has 0 unspecified atom stereocenters. The zero-order chi connectivity index (χ0) is 20.7. The summed E-state index contributed by atoms with van der Waals surface area (Å²) in [6.07, 6.45) is 4.20. The van der Waals surface area contributed by atoms with Gasteiger partial charge < -0.3 is 10.1 Å². The Morgan fingerprint density at radius 3 is 2.46 bits per heavy atom. The molecule has 6 nitrogen and oxygen atoms in total. The predicted molar refractivity (Wildman–Crippen MR) is 108 cm³/mol. The van der Waals surface area contributed by atoms with Gasteiger partial charge in [0.15, 0.2) is 0 Å². The van der Waals surface area contributed by atoms with E-state index in [0.717, 1.165) is 23.1 Å². The molecule has 1 aromatic rings. The summed E-state index contributed by atoms with van der Waals surface area (Å²) >= 11 is 0. The van der Waals surface area contributed by atoms with Crippen LogP contribution in [0.25, 0.3) is 5.57 Å². The van der Waals surface area contributed by atoms with Crippen molar-refractivity contribution in [2.24, 2.45) is 0 Å². The van der Waals surface area contributed by atoms with Crippen molar-refractivity contribution in [1.82, 2.24) is 10.2 Å². The predicted octanol–water partition coefficient (Wildman–Crippen LogP) is 3.78. The minimum atomic E-state index is -0.577. The molecule has 0 fully saturated rings. The standard InChI is InChI=1S/C22H28N2O4/c1-16(2)17-9-8-10-18(15-17)22(3,4)23-21(27)28-14-7-5-6-13-24-19(25)11-12-20(24)26/h8-12,15H,1,5-7,13-14H2,2-4H3,(H,23,27). The number of ether oxygens (including phenoxy) is 1. The summed E-state index contributed by atoms with van der Waals surface area (Å²) in [7, 11) is 0. The Morgan fingerprint density at radius 1 is 1.14 bits per heavy atom. The van der Waals surface area contributed by atoms with Crippen LogP contribution in [0.3, 0.4) is 0 Å². The number of nitrogens with one attached hydrogen (secondary N) is 1. The van der Waals surface area contributed by atoms with E-state index in [2.05, 4.69) is 11.9 Å². The molecule has 0 saturated carbocycles. The number of benzene rings is 1. The van der Waals surface area contributed by atoms with E-state index < -0.39 is 11.6 Å². The third-order valence-corrected chi connectivity index (χ3v) is 4.65. The zero-order valence-corrected chi connectivity index (χ0v) is 16.8. The molecule has 1 aromatic carbocycles. The number of nitrogens with zero attached hydrogens (tertiary/aromatic N) is 1. The molecular weight excluding hydrogens is 356 g/mol. The van der Waals surface area contributed by atoms with Gasteiger partial charge in [-0.25, -0.2) is 4.79 Å². The third kappa shape index (κ3) is 5.81. The van der Waals surface area contributed by atoms with E-state index in [0.29, 0.717) is 19.4 Å². The highest BCUT2D eigenvalue weighted by Crippen LogP contribution is 2.23. The number of carbonyl (C=O) groups is 3. The van der Waals surface area contributed by atoms with Crippen molar-refractivity contribution in [3.63, 3.8) is 0 Å². The molecule has 1 aliphatic heterocycles. The maximum atomic E-state index is 12.1. The van der Waals surface area contributed by atoms with Gasteiger partial charge >= 0.3 is 6.09 Å². The number of imide groups is 1. The minimum absolute atomic E-state index is 0.265. The second-order valence-corrected chi connectivity index (χ2v) is 7.47. The summed E-state index contributed by atoms with van der Waals surface area (Å²) < 4.78 is 5.26. The second kappa shape index (κ2) is 9.35. The van der Waals surface area contributed by atoms with E-state index in [1.54, 1.807) is 0 Å². The zero-order valence-electron chi connectivity index (χ0n) is 16.8. The van der Waals surface area contributed by atoms with Gasteiger partial charge in [-0.15, -0.1) is 0 Å². The maximum absolute atomic E-state index is 12.1. The van der Waals surface area contributed by atoms with Crippen molar-refractivity contribution < 1.29 is 19.1 Å².